The van der Waals surface area contributed by atoms with Crippen molar-refractivity contribution in [2.75, 3.05) is 0 Å². The molecule has 1 rings (SSSR count). The van der Waals surface area contributed by atoms with Crippen LogP contribution in [0.25, 0.3) is 0 Å². The molecular formula is C9H14INS. The van der Waals surface area contributed by atoms with Gasteiger partial charge in [-0.25, -0.2) is 0 Å². The molecule has 0 aliphatic rings. The van der Waals surface area contributed by atoms with Crippen molar-refractivity contribution in [2.24, 2.45) is 11.1 Å². The van der Waals surface area contributed by atoms with Gasteiger partial charge in [0.25, 0.3) is 0 Å². The number of thiophene rings is 1. The average molecular weight is 295 g/mol. The van der Waals surface area contributed by atoms with E-state index in [-0.39, 0.29) is 11.5 Å². The maximum atomic E-state index is 6.09. The summed E-state index contributed by atoms with van der Waals surface area (Å²) >= 11 is 4.08. The molecule has 0 saturated carbocycles. The second kappa shape index (κ2) is 3.64. The molecule has 0 aliphatic carbocycles. The van der Waals surface area contributed by atoms with Gasteiger partial charge in [-0.2, -0.15) is 0 Å². The third kappa shape index (κ3) is 2.44. The largest absolute Gasteiger partial charge is 0.323 e. The Kier molecular flexibility index (Phi) is 3.17. The van der Waals surface area contributed by atoms with Crippen LogP contribution in [0.4, 0.5) is 0 Å². The van der Waals surface area contributed by atoms with E-state index < -0.39 is 0 Å². The number of rotatable bonds is 1. The number of hydrogen-bond acceptors (Lipinski definition) is 2. The fourth-order valence-corrected chi connectivity index (χ4v) is 2.39. The molecule has 0 amide bonds. The summed E-state index contributed by atoms with van der Waals surface area (Å²) in [5, 5.41) is 2.15. The van der Waals surface area contributed by atoms with Crippen molar-refractivity contribution in [1.29, 1.82) is 0 Å². The minimum Gasteiger partial charge on any atom is -0.323 e. The second-order valence-corrected chi connectivity index (χ2v) is 6.83. The van der Waals surface area contributed by atoms with Crippen LogP contribution in [0.3, 0.4) is 0 Å². The molecule has 0 saturated heterocycles. The van der Waals surface area contributed by atoms with E-state index in [1.807, 2.05) is 0 Å². The maximum Gasteiger partial charge on any atom is 0.0656 e. The van der Waals surface area contributed by atoms with Gasteiger partial charge >= 0.3 is 0 Å². The third-order valence-corrected chi connectivity index (χ3v) is 3.69. The Morgan fingerprint density at radius 2 is 2.08 bits per heavy atom. The SMILES string of the molecule is CC(C)(C)C(N)c1csc(I)c1. The van der Waals surface area contributed by atoms with E-state index in [2.05, 4.69) is 54.8 Å². The van der Waals surface area contributed by atoms with Gasteiger partial charge in [0.1, 0.15) is 0 Å². The van der Waals surface area contributed by atoms with Crippen LogP contribution in [0.1, 0.15) is 32.4 Å². The van der Waals surface area contributed by atoms with Crippen LogP contribution in [0, 0.1) is 8.30 Å². The predicted octanol–water partition coefficient (Wildman–Crippen LogP) is 3.40. The molecular weight excluding hydrogens is 281 g/mol. The fourth-order valence-electron chi connectivity index (χ4n) is 0.986. The van der Waals surface area contributed by atoms with Gasteiger partial charge in [0.05, 0.1) is 2.88 Å². The molecule has 0 spiro atoms. The van der Waals surface area contributed by atoms with E-state index in [1.165, 1.54) is 8.45 Å². The Morgan fingerprint density at radius 3 is 2.42 bits per heavy atom. The van der Waals surface area contributed by atoms with E-state index in [0.29, 0.717) is 0 Å². The molecule has 1 heterocycles. The maximum absolute atomic E-state index is 6.09. The van der Waals surface area contributed by atoms with E-state index in [4.69, 9.17) is 5.73 Å². The van der Waals surface area contributed by atoms with Crippen molar-refractivity contribution in [1.82, 2.24) is 0 Å². The van der Waals surface area contributed by atoms with Crippen molar-refractivity contribution >= 4 is 33.9 Å². The molecule has 12 heavy (non-hydrogen) atoms. The highest BCUT2D eigenvalue weighted by Gasteiger charge is 2.22. The van der Waals surface area contributed by atoms with E-state index >= 15 is 0 Å². The van der Waals surface area contributed by atoms with Crippen LogP contribution in [0.5, 0.6) is 0 Å². The Labute approximate surface area is 91.5 Å². The molecule has 1 unspecified atom stereocenters. The quantitative estimate of drug-likeness (QED) is 0.790. The zero-order valence-electron chi connectivity index (χ0n) is 7.60. The van der Waals surface area contributed by atoms with Crippen LogP contribution in [0.15, 0.2) is 11.4 Å². The first-order chi connectivity index (χ1) is 5.41. The molecule has 1 atom stereocenters. The first-order valence-corrected chi connectivity index (χ1v) is 5.86. The summed E-state index contributed by atoms with van der Waals surface area (Å²) in [6.07, 6.45) is 0. The van der Waals surface area contributed by atoms with Gasteiger partial charge in [-0.15, -0.1) is 11.3 Å². The standard InChI is InChI=1S/C9H14INS/c1-9(2,3)8(11)6-4-7(10)12-5-6/h4-5,8H,11H2,1-3H3. The van der Waals surface area contributed by atoms with Gasteiger partial charge < -0.3 is 5.73 Å². The average Bonchev–Trinajstić information content (AvgIpc) is 2.32. The van der Waals surface area contributed by atoms with Crippen LogP contribution >= 0.6 is 33.9 Å². The van der Waals surface area contributed by atoms with Crippen molar-refractivity contribution in [3.63, 3.8) is 0 Å². The number of nitrogens with two attached hydrogens (primary N) is 1. The van der Waals surface area contributed by atoms with Gasteiger partial charge in [-0.1, -0.05) is 20.8 Å². The molecule has 0 radical (unpaired) electrons. The summed E-state index contributed by atoms with van der Waals surface area (Å²) in [7, 11) is 0. The lowest BCUT2D eigenvalue weighted by Crippen LogP contribution is -2.25. The predicted molar refractivity (Wildman–Crippen MR) is 63.4 cm³/mol. The van der Waals surface area contributed by atoms with Crippen LogP contribution in [0.2, 0.25) is 0 Å². The highest BCUT2D eigenvalue weighted by atomic mass is 127. The van der Waals surface area contributed by atoms with Crippen molar-refractivity contribution in [3.05, 3.63) is 19.9 Å². The zero-order valence-corrected chi connectivity index (χ0v) is 10.6. The Hall–Kier alpha value is 0.390. The molecule has 2 N–H and O–H groups in total. The summed E-state index contributed by atoms with van der Waals surface area (Å²) in [6, 6.07) is 2.32. The summed E-state index contributed by atoms with van der Waals surface area (Å²) in [4.78, 5) is 0. The van der Waals surface area contributed by atoms with Crippen LogP contribution < -0.4 is 5.73 Å². The summed E-state index contributed by atoms with van der Waals surface area (Å²) in [5.74, 6) is 0. The van der Waals surface area contributed by atoms with Gasteiger partial charge in [-0.3, -0.25) is 0 Å². The van der Waals surface area contributed by atoms with E-state index in [9.17, 15) is 0 Å². The lowest BCUT2D eigenvalue weighted by molar-refractivity contribution is 0.327. The number of halogens is 1. The molecule has 68 valence electrons. The molecule has 0 fully saturated rings. The first kappa shape index (κ1) is 10.5. The Morgan fingerprint density at radius 1 is 1.50 bits per heavy atom. The number of hydrogen-bond donors (Lipinski definition) is 1. The van der Waals surface area contributed by atoms with E-state index in [0.717, 1.165) is 0 Å². The smallest absolute Gasteiger partial charge is 0.0656 e. The topological polar surface area (TPSA) is 26.0 Å². The molecule has 1 aromatic heterocycles. The Bertz CT molecular complexity index is 262. The zero-order chi connectivity index (χ0) is 9.35. The third-order valence-electron chi connectivity index (χ3n) is 1.88. The first-order valence-electron chi connectivity index (χ1n) is 3.91. The molecule has 0 aromatic carbocycles. The lowest BCUT2D eigenvalue weighted by atomic mass is 9.84. The molecule has 1 aromatic rings. The molecule has 3 heteroatoms. The van der Waals surface area contributed by atoms with Gasteiger partial charge in [0.2, 0.25) is 0 Å². The van der Waals surface area contributed by atoms with Crippen molar-refractivity contribution in [2.45, 2.75) is 26.8 Å². The molecule has 0 bridgehead atoms. The highest BCUT2D eigenvalue weighted by Crippen LogP contribution is 2.32. The minimum atomic E-state index is 0.150. The Balaban J connectivity index is 2.85. The van der Waals surface area contributed by atoms with Crippen molar-refractivity contribution in [3.8, 4) is 0 Å². The second-order valence-electron chi connectivity index (χ2n) is 4.03. The van der Waals surface area contributed by atoms with Gasteiger partial charge in [0.15, 0.2) is 0 Å². The fraction of sp³-hybridized carbons (Fsp3) is 0.556. The van der Waals surface area contributed by atoms with Crippen molar-refractivity contribution < 1.29 is 0 Å². The monoisotopic (exact) mass is 295 g/mol. The summed E-state index contributed by atoms with van der Waals surface area (Å²) in [5.41, 5.74) is 7.51. The summed E-state index contributed by atoms with van der Waals surface area (Å²) in [6.45, 7) is 6.51. The van der Waals surface area contributed by atoms with Gasteiger partial charge in [0, 0.05) is 6.04 Å². The molecule has 1 nitrogen and oxygen atoms in total. The van der Waals surface area contributed by atoms with Crippen LogP contribution in [-0.2, 0) is 0 Å². The highest BCUT2D eigenvalue weighted by molar-refractivity contribution is 14.1. The minimum absolute atomic E-state index is 0.150. The molecule has 0 aliphatic heterocycles. The van der Waals surface area contributed by atoms with E-state index in [1.54, 1.807) is 11.3 Å². The lowest BCUT2D eigenvalue weighted by Gasteiger charge is -2.26. The van der Waals surface area contributed by atoms with Crippen LogP contribution in [-0.4, -0.2) is 0 Å². The summed E-state index contributed by atoms with van der Waals surface area (Å²) < 4.78 is 1.31. The normalized spacial score (nSPS) is 14.8. The van der Waals surface area contributed by atoms with Gasteiger partial charge in [-0.05, 0) is 45.0 Å².